The smallest absolute Gasteiger partial charge is 0.330 e. The zero-order valence-electron chi connectivity index (χ0n) is 13.2. The number of aliphatic hydroxyl groups is 1. The molecule has 0 unspecified atom stereocenters. The topological polar surface area (TPSA) is 66.8 Å². The van der Waals surface area contributed by atoms with Crippen molar-refractivity contribution in [1.82, 2.24) is 4.90 Å². The van der Waals surface area contributed by atoms with Gasteiger partial charge in [0, 0.05) is 32.7 Å². The van der Waals surface area contributed by atoms with Crippen LogP contribution in [0.15, 0.2) is 12.7 Å². The minimum atomic E-state index is -0.352. The van der Waals surface area contributed by atoms with E-state index in [1.54, 1.807) is 0 Å². The second-order valence-corrected chi connectivity index (χ2v) is 4.98. The van der Waals surface area contributed by atoms with E-state index in [0.717, 1.165) is 65.1 Å². The van der Waals surface area contributed by atoms with E-state index in [4.69, 9.17) is 9.84 Å². The van der Waals surface area contributed by atoms with Gasteiger partial charge in [-0.25, -0.2) is 4.79 Å². The Morgan fingerprint density at radius 1 is 1.24 bits per heavy atom. The molecular formula is C16H29NO4. The van der Waals surface area contributed by atoms with Gasteiger partial charge in [0.2, 0.25) is 5.91 Å². The summed E-state index contributed by atoms with van der Waals surface area (Å²) in [6.07, 6.45) is 9.31. The van der Waals surface area contributed by atoms with Crippen molar-refractivity contribution in [3.63, 3.8) is 0 Å². The minimum absolute atomic E-state index is 0.317. The van der Waals surface area contributed by atoms with E-state index in [1.165, 1.54) is 12.5 Å². The van der Waals surface area contributed by atoms with Gasteiger partial charge in [0.1, 0.15) is 0 Å². The van der Waals surface area contributed by atoms with Crippen LogP contribution in [0.2, 0.25) is 0 Å². The predicted octanol–water partition coefficient (Wildman–Crippen LogP) is 2.29. The third-order valence-electron chi connectivity index (χ3n) is 3.40. The number of amides is 1. The molecule has 0 atom stereocenters. The van der Waals surface area contributed by atoms with Crippen molar-refractivity contribution in [3.05, 3.63) is 12.7 Å². The second kappa shape index (κ2) is 13.6. The average Bonchev–Trinajstić information content (AvgIpc) is 2.72. The summed E-state index contributed by atoms with van der Waals surface area (Å²) in [7, 11) is 1.00. The van der Waals surface area contributed by atoms with Gasteiger partial charge < -0.3 is 14.7 Å². The van der Waals surface area contributed by atoms with Gasteiger partial charge in [-0.15, -0.1) is 0 Å². The molecule has 1 amide bonds. The number of carbonyl (C=O) groups excluding carboxylic acids is 2. The second-order valence-electron chi connectivity index (χ2n) is 4.98. The molecule has 1 fully saturated rings. The first-order valence-electron chi connectivity index (χ1n) is 7.75. The maximum Gasteiger partial charge on any atom is 0.330 e. The van der Waals surface area contributed by atoms with Crippen molar-refractivity contribution in [1.29, 1.82) is 0 Å². The van der Waals surface area contributed by atoms with Crippen molar-refractivity contribution < 1.29 is 19.4 Å². The molecule has 5 nitrogen and oxygen atoms in total. The largest absolute Gasteiger partial charge is 0.463 e. The highest BCUT2D eigenvalue weighted by Crippen LogP contribution is 2.12. The Morgan fingerprint density at radius 3 is 2.67 bits per heavy atom. The summed E-state index contributed by atoms with van der Waals surface area (Å²) < 4.78 is 4.90. The lowest BCUT2D eigenvalue weighted by molar-refractivity contribution is -0.138. The molecule has 0 bridgehead atoms. The van der Waals surface area contributed by atoms with Crippen LogP contribution in [0.3, 0.4) is 0 Å². The van der Waals surface area contributed by atoms with Gasteiger partial charge in [-0.3, -0.25) is 4.79 Å². The van der Waals surface area contributed by atoms with Crippen LogP contribution in [0, 0.1) is 0 Å². The van der Waals surface area contributed by atoms with Crippen molar-refractivity contribution in [2.75, 3.05) is 26.8 Å². The molecule has 0 spiro atoms. The number of hydrogen-bond acceptors (Lipinski definition) is 4. The quantitative estimate of drug-likeness (QED) is 0.424. The van der Waals surface area contributed by atoms with Gasteiger partial charge in [-0.2, -0.15) is 0 Å². The van der Waals surface area contributed by atoms with Crippen LogP contribution in [-0.4, -0.2) is 48.7 Å². The molecule has 21 heavy (non-hydrogen) atoms. The first-order chi connectivity index (χ1) is 10.2. The van der Waals surface area contributed by atoms with E-state index in [1.807, 2.05) is 4.90 Å². The maximum atomic E-state index is 11.7. The molecule has 0 aromatic rings. The Kier molecular flexibility index (Phi) is 12.7. The molecule has 1 rings (SSSR count). The summed E-state index contributed by atoms with van der Waals surface area (Å²) in [5, 5.41) is 7.00. The van der Waals surface area contributed by atoms with Crippen LogP contribution >= 0.6 is 0 Å². The molecule has 1 N–H and O–H groups in total. The molecule has 0 radical (unpaired) electrons. The zero-order chi connectivity index (χ0) is 15.9. The zero-order valence-corrected chi connectivity index (χ0v) is 13.2. The van der Waals surface area contributed by atoms with E-state index >= 15 is 0 Å². The van der Waals surface area contributed by atoms with Crippen LogP contribution in [-0.2, 0) is 14.3 Å². The highest BCUT2D eigenvalue weighted by Gasteiger charge is 2.15. The lowest BCUT2D eigenvalue weighted by Gasteiger charge is -2.20. The Bertz CT molecular complexity index is 305. The minimum Gasteiger partial charge on any atom is -0.463 e. The van der Waals surface area contributed by atoms with Crippen molar-refractivity contribution in [2.45, 2.75) is 51.4 Å². The van der Waals surface area contributed by atoms with Crippen molar-refractivity contribution >= 4 is 11.9 Å². The fourth-order valence-electron chi connectivity index (χ4n) is 2.26. The lowest BCUT2D eigenvalue weighted by Crippen LogP contribution is -2.31. The van der Waals surface area contributed by atoms with Crippen molar-refractivity contribution in [3.8, 4) is 0 Å². The Hall–Kier alpha value is -1.36. The molecular weight excluding hydrogens is 270 g/mol. The van der Waals surface area contributed by atoms with Crippen LogP contribution in [0.4, 0.5) is 0 Å². The van der Waals surface area contributed by atoms with Gasteiger partial charge >= 0.3 is 5.97 Å². The van der Waals surface area contributed by atoms with E-state index in [2.05, 4.69) is 6.58 Å². The molecule has 0 aliphatic carbocycles. The predicted molar refractivity (Wildman–Crippen MR) is 82.8 cm³/mol. The monoisotopic (exact) mass is 299 g/mol. The number of esters is 1. The molecule has 0 aromatic carbocycles. The highest BCUT2D eigenvalue weighted by atomic mass is 16.5. The van der Waals surface area contributed by atoms with Crippen LogP contribution in [0.25, 0.3) is 0 Å². The average molecular weight is 299 g/mol. The van der Waals surface area contributed by atoms with E-state index in [0.29, 0.717) is 12.5 Å². The molecule has 0 saturated carbocycles. The first-order valence-corrected chi connectivity index (χ1v) is 7.75. The van der Waals surface area contributed by atoms with Gasteiger partial charge in [0.05, 0.1) is 6.61 Å². The van der Waals surface area contributed by atoms with Gasteiger partial charge in [0.15, 0.2) is 0 Å². The molecule has 122 valence electrons. The molecule has 0 aromatic heterocycles. The number of ether oxygens (including phenoxy) is 1. The van der Waals surface area contributed by atoms with Gasteiger partial charge in [-0.1, -0.05) is 19.4 Å². The lowest BCUT2D eigenvalue weighted by atomic mass is 10.2. The van der Waals surface area contributed by atoms with E-state index < -0.39 is 0 Å². The number of likely N-dealkylation sites (tertiary alicyclic amines) is 1. The highest BCUT2D eigenvalue weighted by molar-refractivity contribution is 5.81. The summed E-state index contributed by atoms with van der Waals surface area (Å²) >= 11 is 0. The van der Waals surface area contributed by atoms with E-state index in [-0.39, 0.29) is 5.97 Å². The van der Waals surface area contributed by atoms with Crippen molar-refractivity contribution in [2.24, 2.45) is 0 Å². The number of aliphatic hydroxyl groups excluding tert-OH is 1. The number of hydrogen-bond donors (Lipinski definition) is 1. The molecule has 1 saturated heterocycles. The van der Waals surface area contributed by atoms with Crippen LogP contribution < -0.4 is 0 Å². The number of unbranched alkanes of at least 4 members (excludes halogenated alkanes) is 3. The third-order valence-corrected chi connectivity index (χ3v) is 3.40. The van der Waals surface area contributed by atoms with Gasteiger partial charge in [0.25, 0.3) is 0 Å². The Labute approximate surface area is 128 Å². The SMILES string of the molecule is C=CC(=O)OCCCCCCN1CCCCCC1=O.CO. The summed E-state index contributed by atoms with van der Waals surface area (Å²) in [5.74, 6) is -0.0347. The first kappa shape index (κ1) is 19.6. The number of rotatable bonds is 8. The summed E-state index contributed by atoms with van der Waals surface area (Å²) in [6.45, 7) is 5.62. The van der Waals surface area contributed by atoms with E-state index in [9.17, 15) is 9.59 Å². The summed E-state index contributed by atoms with van der Waals surface area (Å²) in [4.78, 5) is 24.5. The fourth-order valence-corrected chi connectivity index (χ4v) is 2.26. The third kappa shape index (κ3) is 10.1. The Morgan fingerprint density at radius 2 is 1.95 bits per heavy atom. The molecule has 1 aliphatic heterocycles. The normalized spacial score (nSPS) is 14.8. The molecule has 1 heterocycles. The molecule has 5 heteroatoms. The van der Waals surface area contributed by atoms with Crippen LogP contribution in [0.5, 0.6) is 0 Å². The number of nitrogens with zero attached hydrogens (tertiary/aromatic N) is 1. The molecule has 1 aliphatic rings. The van der Waals surface area contributed by atoms with Crippen LogP contribution in [0.1, 0.15) is 51.4 Å². The Balaban J connectivity index is 0.00000191. The summed E-state index contributed by atoms with van der Waals surface area (Å²) in [6, 6.07) is 0. The van der Waals surface area contributed by atoms with Gasteiger partial charge in [-0.05, 0) is 32.1 Å². The number of carbonyl (C=O) groups is 2. The maximum absolute atomic E-state index is 11.7. The fraction of sp³-hybridized carbons (Fsp3) is 0.750. The standard InChI is InChI=1S/C15H25NO3.CH4O/c1-2-15(18)19-13-9-4-3-7-11-16-12-8-5-6-10-14(16)17;1-2/h2H,1,3-13H2;2H,1H3. The summed E-state index contributed by atoms with van der Waals surface area (Å²) in [5.41, 5.74) is 0.